The standard InChI is InChI=1S/C30H28FN3O3/c1-17(2)33-30(35)22-11-20(25-8-5-18(3)9-26(25)31)10-21(12-22)27-15-29(37-34-27)28-14-19-6-7-24(36-4)13-23(19)16-32-28/h5-14,16-17,29H,15H2,1-4H3,(H,33,35). The van der Waals surface area contributed by atoms with Crippen LogP contribution in [0, 0.1) is 12.7 Å². The van der Waals surface area contributed by atoms with Crippen LogP contribution >= 0.6 is 0 Å². The summed E-state index contributed by atoms with van der Waals surface area (Å²) in [6, 6.07) is 18.2. The maximum atomic E-state index is 14.9. The van der Waals surface area contributed by atoms with Crippen molar-refractivity contribution in [3.8, 4) is 16.9 Å². The molecule has 1 amide bonds. The number of aromatic nitrogens is 1. The number of nitrogens with one attached hydrogen (secondary N) is 1. The first-order valence-corrected chi connectivity index (χ1v) is 12.2. The van der Waals surface area contributed by atoms with E-state index >= 15 is 0 Å². The van der Waals surface area contributed by atoms with E-state index in [1.807, 2.05) is 57.2 Å². The maximum absolute atomic E-state index is 14.9. The second kappa shape index (κ2) is 10.0. The molecule has 0 radical (unpaired) electrons. The molecule has 1 unspecified atom stereocenters. The fourth-order valence-corrected chi connectivity index (χ4v) is 4.43. The van der Waals surface area contributed by atoms with Gasteiger partial charge in [0.1, 0.15) is 11.6 Å². The number of carbonyl (C=O) groups excluding carboxylic acids is 1. The Kier molecular flexibility index (Phi) is 6.61. The predicted molar refractivity (Wildman–Crippen MR) is 142 cm³/mol. The van der Waals surface area contributed by atoms with Crippen LogP contribution in [-0.2, 0) is 4.84 Å². The number of hydrogen-bond donors (Lipinski definition) is 1. The summed E-state index contributed by atoms with van der Waals surface area (Å²) in [6.45, 7) is 5.63. The summed E-state index contributed by atoms with van der Waals surface area (Å²) in [5.74, 6) is 0.201. The number of fused-ring (bicyclic) bond motifs is 1. The van der Waals surface area contributed by atoms with Gasteiger partial charge in [-0.1, -0.05) is 23.4 Å². The van der Waals surface area contributed by atoms with E-state index in [9.17, 15) is 9.18 Å². The number of aryl methyl sites for hydroxylation is 1. The van der Waals surface area contributed by atoms with Gasteiger partial charge in [-0.25, -0.2) is 4.39 Å². The van der Waals surface area contributed by atoms with Crippen molar-refractivity contribution in [3.63, 3.8) is 0 Å². The zero-order valence-corrected chi connectivity index (χ0v) is 21.2. The number of amides is 1. The van der Waals surface area contributed by atoms with E-state index in [-0.39, 0.29) is 23.9 Å². The molecule has 188 valence electrons. The molecule has 1 aliphatic heterocycles. The van der Waals surface area contributed by atoms with Crippen LogP contribution in [0.2, 0.25) is 0 Å². The third kappa shape index (κ3) is 5.16. The minimum absolute atomic E-state index is 0.0359. The van der Waals surface area contributed by atoms with Crippen LogP contribution in [0.15, 0.2) is 72.0 Å². The largest absolute Gasteiger partial charge is 0.497 e. The number of pyridine rings is 1. The zero-order chi connectivity index (χ0) is 26.1. The van der Waals surface area contributed by atoms with Crippen molar-refractivity contribution >= 4 is 22.4 Å². The summed E-state index contributed by atoms with van der Waals surface area (Å²) in [5.41, 5.74) is 4.43. The summed E-state index contributed by atoms with van der Waals surface area (Å²) >= 11 is 0. The van der Waals surface area contributed by atoms with Crippen molar-refractivity contribution in [3.05, 3.63) is 95.1 Å². The third-order valence-corrected chi connectivity index (χ3v) is 6.33. The summed E-state index contributed by atoms with van der Waals surface area (Å²) in [5, 5.41) is 9.24. The highest BCUT2D eigenvalue weighted by Gasteiger charge is 2.26. The molecule has 6 nitrogen and oxygen atoms in total. The second-order valence-electron chi connectivity index (χ2n) is 9.57. The van der Waals surface area contributed by atoms with E-state index in [2.05, 4.69) is 15.5 Å². The highest BCUT2D eigenvalue weighted by Crippen LogP contribution is 2.33. The molecule has 5 rings (SSSR count). The Labute approximate surface area is 215 Å². The van der Waals surface area contributed by atoms with Gasteiger partial charge >= 0.3 is 0 Å². The summed E-state index contributed by atoms with van der Waals surface area (Å²) < 4.78 is 20.2. The Hall–Kier alpha value is -4.26. The molecular weight excluding hydrogens is 469 g/mol. The van der Waals surface area contributed by atoms with Crippen LogP contribution in [0.3, 0.4) is 0 Å². The molecule has 1 N–H and O–H groups in total. The number of methoxy groups -OCH3 is 1. The van der Waals surface area contributed by atoms with Crippen molar-refractivity contribution in [2.75, 3.05) is 7.11 Å². The number of ether oxygens (including phenoxy) is 1. The van der Waals surface area contributed by atoms with Crippen LogP contribution < -0.4 is 10.1 Å². The Morgan fingerprint density at radius 3 is 2.62 bits per heavy atom. The predicted octanol–water partition coefficient (Wildman–Crippen LogP) is 6.36. The highest BCUT2D eigenvalue weighted by atomic mass is 19.1. The monoisotopic (exact) mass is 497 g/mol. The first-order valence-electron chi connectivity index (χ1n) is 12.2. The summed E-state index contributed by atoms with van der Waals surface area (Å²) in [6.07, 6.45) is 1.90. The normalized spacial score (nSPS) is 15.0. The second-order valence-corrected chi connectivity index (χ2v) is 9.57. The van der Waals surface area contributed by atoms with Gasteiger partial charge in [-0.15, -0.1) is 0 Å². The molecule has 2 heterocycles. The van der Waals surface area contributed by atoms with Crippen molar-refractivity contribution in [1.29, 1.82) is 0 Å². The van der Waals surface area contributed by atoms with Gasteiger partial charge in [0.15, 0.2) is 6.10 Å². The lowest BCUT2D eigenvalue weighted by atomic mass is 9.94. The summed E-state index contributed by atoms with van der Waals surface area (Å²) in [4.78, 5) is 23.3. The fraction of sp³-hybridized carbons (Fsp3) is 0.233. The Morgan fingerprint density at radius 1 is 1.05 bits per heavy atom. The molecule has 4 aromatic rings. The lowest BCUT2D eigenvalue weighted by molar-refractivity contribution is 0.0827. The highest BCUT2D eigenvalue weighted by molar-refractivity contribution is 6.05. The van der Waals surface area contributed by atoms with Gasteiger partial charge in [-0.2, -0.15) is 0 Å². The number of rotatable bonds is 6. The van der Waals surface area contributed by atoms with E-state index in [0.29, 0.717) is 34.4 Å². The van der Waals surface area contributed by atoms with E-state index in [1.54, 1.807) is 31.5 Å². The Morgan fingerprint density at radius 2 is 1.86 bits per heavy atom. The van der Waals surface area contributed by atoms with Gasteiger partial charge in [-0.05, 0) is 79.7 Å². The molecule has 0 saturated heterocycles. The van der Waals surface area contributed by atoms with Gasteiger partial charge in [0.05, 0.1) is 18.5 Å². The molecule has 0 spiro atoms. The van der Waals surface area contributed by atoms with Gasteiger partial charge in [0.25, 0.3) is 5.91 Å². The molecule has 0 saturated carbocycles. The van der Waals surface area contributed by atoms with Gasteiger partial charge in [0, 0.05) is 40.7 Å². The van der Waals surface area contributed by atoms with Crippen LogP contribution in [0.1, 0.15) is 53.6 Å². The van der Waals surface area contributed by atoms with Crippen molar-refractivity contribution in [1.82, 2.24) is 10.3 Å². The molecular formula is C30H28FN3O3. The molecule has 37 heavy (non-hydrogen) atoms. The number of oxime groups is 1. The van der Waals surface area contributed by atoms with E-state index in [4.69, 9.17) is 9.57 Å². The lowest BCUT2D eigenvalue weighted by Crippen LogP contribution is -2.30. The van der Waals surface area contributed by atoms with Gasteiger partial charge < -0.3 is 14.9 Å². The van der Waals surface area contributed by atoms with Crippen molar-refractivity contribution in [2.24, 2.45) is 5.16 Å². The van der Waals surface area contributed by atoms with E-state index in [0.717, 1.165) is 27.8 Å². The third-order valence-electron chi connectivity index (χ3n) is 6.33. The maximum Gasteiger partial charge on any atom is 0.251 e. The number of benzene rings is 3. The molecule has 0 aliphatic carbocycles. The van der Waals surface area contributed by atoms with Crippen LogP contribution in [0.25, 0.3) is 21.9 Å². The van der Waals surface area contributed by atoms with Crippen molar-refractivity contribution in [2.45, 2.75) is 39.3 Å². The van der Waals surface area contributed by atoms with Crippen LogP contribution in [0.5, 0.6) is 5.75 Å². The van der Waals surface area contributed by atoms with E-state index < -0.39 is 0 Å². The molecule has 1 aliphatic rings. The van der Waals surface area contributed by atoms with Crippen molar-refractivity contribution < 1.29 is 18.8 Å². The van der Waals surface area contributed by atoms with E-state index in [1.165, 1.54) is 6.07 Å². The average Bonchev–Trinajstić information content (AvgIpc) is 3.38. The Bertz CT molecular complexity index is 1530. The first kappa shape index (κ1) is 24.4. The van der Waals surface area contributed by atoms with Gasteiger partial charge in [-0.3, -0.25) is 9.78 Å². The minimum Gasteiger partial charge on any atom is -0.497 e. The Balaban J connectivity index is 1.47. The molecule has 1 atom stereocenters. The number of halogens is 1. The van der Waals surface area contributed by atoms with Crippen LogP contribution in [0.4, 0.5) is 4.39 Å². The SMILES string of the molecule is COc1ccc2cc(C3CC(c4cc(C(=O)NC(C)C)cc(-c5ccc(C)cc5F)c4)=NO3)ncc2c1. The lowest BCUT2D eigenvalue weighted by Gasteiger charge is -2.13. The molecule has 0 bridgehead atoms. The molecule has 3 aromatic carbocycles. The fourth-order valence-electron chi connectivity index (χ4n) is 4.43. The first-order chi connectivity index (χ1) is 17.8. The van der Waals surface area contributed by atoms with Crippen LogP contribution in [-0.4, -0.2) is 29.8 Å². The summed E-state index contributed by atoms with van der Waals surface area (Å²) in [7, 11) is 1.63. The van der Waals surface area contributed by atoms with Gasteiger partial charge in [0.2, 0.25) is 0 Å². The number of nitrogens with zero attached hydrogens (tertiary/aromatic N) is 2. The quantitative estimate of drug-likeness (QED) is 0.336. The molecule has 0 fully saturated rings. The average molecular weight is 498 g/mol. The smallest absolute Gasteiger partial charge is 0.251 e. The number of hydrogen-bond acceptors (Lipinski definition) is 5. The topological polar surface area (TPSA) is 72.8 Å². The molecule has 7 heteroatoms. The number of carbonyl (C=O) groups is 1. The minimum atomic E-state index is -0.366. The zero-order valence-electron chi connectivity index (χ0n) is 21.2. The molecule has 1 aromatic heterocycles.